The number of hydrogen-bond acceptors (Lipinski definition) is 7. The van der Waals surface area contributed by atoms with E-state index in [1.165, 1.54) is 6.33 Å². The van der Waals surface area contributed by atoms with Gasteiger partial charge in [-0.05, 0) is 6.42 Å². The SMILES string of the molecule is CCCc1cc(NN)nc(-c2cc(OC)ncn2)n1. The highest BCUT2D eigenvalue weighted by Gasteiger charge is 2.09. The lowest BCUT2D eigenvalue weighted by Gasteiger charge is -2.07. The van der Waals surface area contributed by atoms with Crippen LogP contribution in [0.25, 0.3) is 11.5 Å². The molecule has 0 radical (unpaired) electrons. The number of hydrogen-bond donors (Lipinski definition) is 2. The zero-order valence-corrected chi connectivity index (χ0v) is 10.9. The molecule has 0 saturated heterocycles. The first-order valence-electron chi connectivity index (χ1n) is 5.97. The normalized spacial score (nSPS) is 10.3. The highest BCUT2D eigenvalue weighted by atomic mass is 16.5. The molecule has 0 amide bonds. The molecule has 0 fully saturated rings. The molecule has 0 aliphatic rings. The highest BCUT2D eigenvalue weighted by Crippen LogP contribution is 2.18. The minimum absolute atomic E-state index is 0.469. The molecule has 0 aliphatic carbocycles. The summed E-state index contributed by atoms with van der Waals surface area (Å²) in [5, 5.41) is 0. The van der Waals surface area contributed by atoms with E-state index >= 15 is 0 Å². The molecule has 3 N–H and O–H groups in total. The van der Waals surface area contributed by atoms with Gasteiger partial charge in [0, 0.05) is 17.8 Å². The molecule has 2 heterocycles. The van der Waals surface area contributed by atoms with Crippen molar-refractivity contribution in [1.82, 2.24) is 19.9 Å². The molecule has 0 aliphatic heterocycles. The lowest BCUT2D eigenvalue weighted by molar-refractivity contribution is 0.397. The Balaban J connectivity index is 2.44. The molecule has 0 atom stereocenters. The third-order valence-corrected chi connectivity index (χ3v) is 2.51. The van der Waals surface area contributed by atoms with Crippen molar-refractivity contribution in [2.45, 2.75) is 19.8 Å². The lowest BCUT2D eigenvalue weighted by atomic mass is 10.2. The Morgan fingerprint density at radius 3 is 2.79 bits per heavy atom. The molecule has 0 unspecified atom stereocenters. The van der Waals surface area contributed by atoms with Gasteiger partial charge in [-0.1, -0.05) is 13.3 Å². The summed E-state index contributed by atoms with van der Waals surface area (Å²) in [4.78, 5) is 16.9. The maximum atomic E-state index is 5.42. The minimum Gasteiger partial charge on any atom is -0.481 e. The van der Waals surface area contributed by atoms with E-state index in [2.05, 4.69) is 32.3 Å². The van der Waals surface area contributed by atoms with Crippen LogP contribution >= 0.6 is 0 Å². The summed E-state index contributed by atoms with van der Waals surface area (Å²) in [5.41, 5.74) is 4.05. The molecule has 0 bridgehead atoms. The smallest absolute Gasteiger partial charge is 0.216 e. The number of aromatic nitrogens is 4. The van der Waals surface area contributed by atoms with E-state index in [0.717, 1.165) is 18.5 Å². The van der Waals surface area contributed by atoms with Crippen LogP contribution in [-0.4, -0.2) is 27.0 Å². The topological polar surface area (TPSA) is 98.8 Å². The summed E-state index contributed by atoms with van der Waals surface area (Å²) >= 11 is 0. The van der Waals surface area contributed by atoms with Crippen molar-refractivity contribution in [2.24, 2.45) is 5.84 Å². The maximum absolute atomic E-state index is 5.42. The van der Waals surface area contributed by atoms with Gasteiger partial charge < -0.3 is 10.2 Å². The van der Waals surface area contributed by atoms with Gasteiger partial charge in [-0.2, -0.15) is 0 Å². The van der Waals surface area contributed by atoms with Gasteiger partial charge in [-0.25, -0.2) is 25.8 Å². The van der Waals surface area contributed by atoms with Crippen molar-refractivity contribution < 1.29 is 4.74 Å². The molecule has 100 valence electrons. The number of rotatable bonds is 5. The fourth-order valence-corrected chi connectivity index (χ4v) is 1.64. The van der Waals surface area contributed by atoms with Gasteiger partial charge >= 0.3 is 0 Å². The largest absolute Gasteiger partial charge is 0.481 e. The zero-order valence-electron chi connectivity index (χ0n) is 10.9. The van der Waals surface area contributed by atoms with Crippen molar-refractivity contribution in [1.29, 1.82) is 0 Å². The molecule has 7 heteroatoms. The first-order chi connectivity index (χ1) is 9.26. The number of nitrogen functional groups attached to an aromatic ring is 1. The van der Waals surface area contributed by atoms with Crippen LogP contribution in [0.5, 0.6) is 5.88 Å². The van der Waals surface area contributed by atoms with E-state index in [4.69, 9.17) is 10.6 Å². The number of nitrogens with two attached hydrogens (primary N) is 1. The van der Waals surface area contributed by atoms with Crippen LogP contribution in [0.1, 0.15) is 19.0 Å². The maximum Gasteiger partial charge on any atom is 0.216 e. The average molecular weight is 260 g/mol. The Morgan fingerprint density at radius 2 is 2.11 bits per heavy atom. The van der Waals surface area contributed by atoms with Gasteiger partial charge in [0.2, 0.25) is 5.88 Å². The van der Waals surface area contributed by atoms with E-state index in [1.807, 2.05) is 6.07 Å². The van der Waals surface area contributed by atoms with Crippen LogP contribution < -0.4 is 16.0 Å². The van der Waals surface area contributed by atoms with Crippen LogP contribution in [-0.2, 0) is 6.42 Å². The molecule has 0 spiro atoms. The first kappa shape index (κ1) is 13.2. The lowest BCUT2D eigenvalue weighted by Crippen LogP contribution is -2.11. The molecular weight excluding hydrogens is 244 g/mol. The van der Waals surface area contributed by atoms with Crippen LogP contribution in [0, 0.1) is 0 Å². The van der Waals surface area contributed by atoms with Crippen LogP contribution in [0.3, 0.4) is 0 Å². The second-order valence-corrected chi connectivity index (χ2v) is 3.91. The summed E-state index contributed by atoms with van der Waals surface area (Å²) < 4.78 is 5.06. The van der Waals surface area contributed by atoms with Crippen LogP contribution in [0.4, 0.5) is 5.82 Å². The number of methoxy groups -OCH3 is 1. The summed E-state index contributed by atoms with van der Waals surface area (Å²) in [6.07, 6.45) is 3.26. The van der Waals surface area contributed by atoms with Crippen molar-refractivity contribution in [3.8, 4) is 17.4 Å². The summed E-state index contributed by atoms with van der Waals surface area (Å²) in [5.74, 6) is 6.95. The third kappa shape index (κ3) is 3.14. The molecule has 2 aromatic heterocycles. The molecule has 0 saturated carbocycles. The zero-order chi connectivity index (χ0) is 13.7. The van der Waals surface area contributed by atoms with E-state index in [1.54, 1.807) is 13.2 Å². The van der Waals surface area contributed by atoms with Crippen molar-refractivity contribution >= 4 is 5.82 Å². The predicted octanol–water partition coefficient (Wildman–Crippen LogP) is 1.18. The molecular formula is C12H16N6O. The minimum atomic E-state index is 0.469. The van der Waals surface area contributed by atoms with Crippen molar-refractivity contribution in [2.75, 3.05) is 12.5 Å². The standard InChI is InChI=1S/C12H16N6O/c1-3-4-8-5-10(18-13)17-12(16-8)9-6-11(19-2)15-7-14-9/h5-7H,3-4,13H2,1-2H3,(H,16,17,18). The third-order valence-electron chi connectivity index (χ3n) is 2.51. The Morgan fingerprint density at radius 1 is 1.26 bits per heavy atom. The number of nitrogens with zero attached hydrogens (tertiary/aromatic N) is 4. The monoisotopic (exact) mass is 260 g/mol. The Kier molecular flexibility index (Phi) is 4.19. The fourth-order valence-electron chi connectivity index (χ4n) is 1.64. The second-order valence-electron chi connectivity index (χ2n) is 3.91. The molecule has 2 rings (SSSR count). The van der Waals surface area contributed by atoms with E-state index in [9.17, 15) is 0 Å². The van der Waals surface area contributed by atoms with Gasteiger partial charge in [-0.15, -0.1) is 0 Å². The van der Waals surface area contributed by atoms with E-state index in [-0.39, 0.29) is 0 Å². The van der Waals surface area contributed by atoms with Gasteiger partial charge in [0.05, 0.1) is 7.11 Å². The molecule has 0 aromatic carbocycles. The number of anilines is 1. The Bertz CT molecular complexity index is 560. The number of ether oxygens (including phenoxy) is 1. The molecule has 19 heavy (non-hydrogen) atoms. The summed E-state index contributed by atoms with van der Waals surface area (Å²) in [6.45, 7) is 2.09. The van der Waals surface area contributed by atoms with Crippen molar-refractivity contribution in [3.63, 3.8) is 0 Å². The van der Waals surface area contributed by atoms with Crippen molar-refractivity contribution in [3.05, 3.63) is 24.2 Å². The van der Waals surface area contributed by atoms with Gasteiger partial charge in [0.1, 0.15) is 17.8 Å². The van der Waals surface area contributed by atoms with Gasteiger partial charge in [0.25, 0.3) is 0 Å². The van der Waals surface area contributed by atoms with Gasteiger partial charge in [-0.3, -0.25) is 0 Å². The first-order valence-corrected chi connectivity index (χ1v) is 5.97. The van der Waals surface area contributed by atoms with E-state index < -0.39 is 0 Å². The predicted molar refractivity (Wildman–Crippen MR) is 71.4 cm³/mol. The number of nitrogens with one attached hydrogen (secondary N) is 1. The summed E-state index contributed by atoms with van der Waals surface area (Å²) in [6, 6.07) is 3.51. The number of aryl methyl sites for hydroxylation is 1. The fraction of sp³-hybridized carbons (Fsp3) is 0.333. The summed E-state index contributed by atoms with van der Waals surface area (Å²) in [7, 11) is 1.55. The number of hydrazine groups is 1. The molecule has 7 nitrogen and oxygen atoms in total. The average Bonchev–Trinajstić information content (AvgIpc) is 2.47. The Labute approximate surface area is 111 Å². The van der Waals surface area contributed by atoms with E-state index in [0.29, 0.717) is 23.2 Å². The molecule has 2 aromatic rings. The Hall–Kier alpha value is -2.28. The van der Waals surface area contributed by atoms with Crippen LogP contribution in [0.15, 0.2) is 18.5 Å². The highest BCUT2D eigenvalue weighted by molar-refractivity contribution is 5.53. The van der Waals surface area contributed by atoms with Gasteiger partial charge in [0.15, 0.2) is 5.82 Å². The quantitative estimate of drug-likeness (QED) is 0.615. The second kappa shape index (κ2) is 6.05. The van der Waals surface area contributed by atoms with Crippen LogP contribution in [0.2, 0.25) is 0 Å².